The molecule has 94 valence electrons. The van der Waals surface area contributed by atoms with Gasteiger partial charge in [0.2, 0.25) is 0 Å². The van der Waals surface area contributed by atoms with Crippen LogP contribution in [0.4, 0.5) is 5.69 Å². The Balaban J connectivity index is 2.40. The van der Waals surface area contributed by atoms with Gasteiger partial charge in [-0.3, -0.25) is 0 Å². The van der Waals surface area contributed by atoms with Gasteiger partial charge in [-0.15, -0.1) is 0 Å². The third-order valence-corrected chi connectivity index (χ3v) is 3.71. The zero-order valence-electron chi connectivity index (χ0n) is 10.9. The average molecular weight is 250 g/mol. The highest BCUT2D eigenvalue weighted by Gasteiger charge is 2.20. The van der Waals surface area contributed by atoms with Crippen LogP contribution in [-0.2, 0) is 0 Å². The zero-order valence-corrected chi connectivity index (χ0v) is 11.8. The molecule has 0 heterocycles. The van der Waals surface area contributed by atoms with Gasteiger partial charge in [-0.05, 0) is 25.0 Å². The van der Waals surface area contributed by atoms with Crippen molar-refractivity contribution in [2.24, 2.45) is 11.1 Å². The second-order valence-corrected chi connectivity index (χ2v) is 5.55. The van der Waals surface area contributed by atoms with E-state index in [1.807, 2.05) is 6.07 Å². The van der Waals surface area contributed by atoms with E-state index >= 15 is 0 Å². The summed E-state index contributed by atoms with van der Waals surface area (Å²) >= 11 is 5.07. The SMILES string of the molecule is CN(CCCC(C)(C)C(N)=S)c1ccccc1. The van der Waals surface area contributed by atoms with E-state index < -0.39 is 0 Å². The van der Waals surface area contributed by atoms with Gasteiger partial charge in [0.1, 0.15) is 0 Å². The van der Waals surface area contributed by atoms with Gasteiger partial charge in [-0.1, -0.05) is 44.3 Å². The van der Waals surface area contributed by atoms with Crippen molar-refractivity contribution in [2.45, 2.75) is 26.7 Å². The van der Waals surface area contributed by atoms with Crippen LogP contribution in [0.1, 0.15) is 26.7 Å². The number of nitrogens with two attached hydrogens (primary N) is 1. The summed E-state index contributed by atoms with van der Waals surface area (Å²) in [6, 6.07) is 10.4. The van der Waals surface area contributed by atoms with Crippen LogP contribution in [0.25, 0.3) is 0 Å². The van der Waals surface area contributed by atoms with E-state index in [0.29, 0.717) is 4.99 Å². The van der Waals surface area contributed by atoms with E-state index in [9.17, 15) is 0 Å². The van der Waals surface area contributed by atoms with Gasteiger partial charge < -0.3 is 10.6 Å². The van der Waals surface area contributed by atoms with Crippen LogP contribution in [0.15, 0.2) is 30.3 Å². The van der Waals surface area contributed by atoms with Crippen LogP contribution in [0, 0.1) is 5.41 Å². The Bertz CT molecular complexity index is 360. The standard InChI is InChI=1S/C14H22N2S/c1-14(2,13(15)17)10-7-11-16(3)12-8-5-4-6-9-12/h4-6,8-9H,7,10-11H2,1-3H3,(H2,15,17). The molecule has 1 aromatic carbocycles. The van der Waals surface area contributed by atoms with Crippen LogP contribution < -0.4 is 10.6 Å². The van der Waals surface area contributed by atoms with Crippen LogP contribution >= 0.6 is 12.2 Å². The summed E-state index contributed by atoms with van der Waals surface area (Å²) in [5, 5.41) is 0. The van der Waals surface area contributed by atoms with Crippen LogP contribution in [-0.4, -0.2) is 18.6 Å². The van der Waals surface area contributed by atoms with Gasteiger partial charge in [0.05, 0.1) is 4.99 Å². The molecule has 0 fully saturated rings. The first-order chi connectivity index (χ1) is 7.93. The summed E-state index contributed by atoms with van der Waals surface area (Å²) in [7, 11) is 2.11. The minimum Gasteiger partial charge on any atom is -0.393 e. The Hall–Kier alpha value is -1.09. The number of para-hydroxylation sites is 1. The molecule has 0 aliphatic heterocycles. The van der Waals surface area contributed by atoms with Crippen molar-refractivity contribution < 1.29 is 0 Å². The maximum Gasteiger partial charge on any atom is 0.0784 e. The maximum absolute atomic E-state index is 5.72. The molecule has 0 aliphatic carbocycles. The van der Waals surface area contributed by atoms with Gasteiger partial charge in [-0.25, -0.2) is 0 Å². The Morgan fingerprint density at radius 1 is 1.29 bits per heavy atom. The highest BCUT2D eigenvalue weighted by atomic mass is 32.1. The quantitative estimate of drug-likeness (QED) is 0.786. The lowest BCUT2D eigenvalue weighted by Crippen LogP contribution is -2.31. The molecule has 0 aliphatic rings. The van der Waals surface area contributed by atoms with Gasteiger partial charge in [0.25, 0.3) is 0 Å². The number of anilines is 1. The van der Waals surface area contributed by atoms with Crippen LogP contribution in [0.3, 0.4) is 0 Å². The predicted octanol–water partition coefficient (Wildman–Crippen LogP) is 3.22. The summed E-state index contributed by atoms with van der Waals surface area (Å²) in [5.74, 6) is 0. The maximum atomic E-state index is 5.72. The fourth-order valence-electron chi connectivity index (χ4n) is 1.69. The Morgan fingerprint density at radius 2 is 1.88 bits per heavy atom. The molecule has 2 N–H and O–H groups in total. The average Bonchev–Trinajstić information content (AvgIpc) is 2.29. The van der Waals surface area contributed by atoms with Crippen molar-refractivity contribution in [1.29, 1.82) is 0 Å². The Labute approximate surface area is 110 Å². The van der Waals surface area contributed by atoms with E-state index in [4.69, 9.17) is 18.0 Å². The summed E-state index contributed by atoms with van der Waals surface area (Å²) in [5.41, 5.74) is 6.93. The van der Waals surface area contributed by atoms with Crippen molar-refractivity contribution in [3.63, 3.8) is 0 Å². The normalized spacial score (nSPS) is 11.2. The molecule has 0 aromatic heterocycles. The lowest BCUT2D eigenvalue weighted by Gasteiger charge is -2.25. The van der Waals surface area contributed by atoms with E-state index in [1.165, 1.54) is 5.69 Å². The first-order valence-corrected chi connectivity index (χ1v) is 6.40. The van der Waals surface area contributed by atoms with Crippen LogP contribution in [0.2, 0.25) is 0 Å². The smallest absolute Gasteiger partial charge is 0.0784 e. The molecular weight excluding hydrogens is 228 g/mol. The number of benzene rings is 1. The monoisotopic (exact) mass is 250 g/mol. The zero-order chi connectivity index (χ0) is 12.9. The van der Waals surface area contributed by atoms with E-state index in [2.05, 4.69) is 50.1 Å². The first kappa shape index (κ1) is 14.0. The lowest BCUT2D eigenvalue weighted by molar-refractivity contribution is 0.461. The lowest BCUT2D eigenvalue weighted by atomic mass is 9.88. The molecule has 0 bridgehead atoms. The summed E-state index contributed by atoms with van der Waals surface area (Å²) in [4.78, 5) is 2.87. The summed E-state index contributed by atoms with van der Waals surface area (Å²) in [6.45, 7) is 5.24. The van der Waals surface area contributed by atoms with Crippen molar-refractivity contribution in [3.8, 4) is 0 Å². The number of rotatable bonds is 6. The molecule has 0 atom stereocenters. The molecule has 3 heteroatoms. The van der Waals surface area contributed by atoms with E-state index in [0.717, 1.165) is 19.4 Å². The molecule has 0 amide bonds. The largest absolute Gasteiger partial charge is 0.393 e. The second kappa shape index (κ2) is 6.01. The van der Waals surface area contributed by atoms with Crippen molar-refractivity contribution in [2.75, 3.05) is 18.5 Å². The van der Waals surface area contributed by atoms with E-state index in [-0.39, 0.29) is 5.41 Å². The van der Waals surface area contributed by atoms with Crippen molar-refractivity contribution >= 4 is 22.9 Å². The molecule has 2 nitrogen and oxygen atoms in total. The van der Waals surface area contributed by atoms with Crippen LogP contribution in [0.5, 0.6) is 0 Å². The summed E-state index contributed by atoms with van der Waals surface area (Å²) < 4.78 is 0. The molecule has 17 heavy (non-hydrogen) atoms. The molecule has 0 saturated heterocycles. The molecule has 1 aromatic rings. The van der Waals surface area contributed by atoms with Crippen molar-refractivity contribution in [3.05, 3.63) is 30.3 Å². The molecule has 0 radical (unpaired) electrons. The van der Waals surface area contributed by atoms with Gasteiger partial charge in [0.15, 0.2) is 0 Å². The van der Waals surface area contributed by atoms with E-state index in [1.54, 1.807) is 0 Å². The molecule has 0 unspecified atom stereocenters. The molecule has 0 spiro atoms. The topological polar surface area (TPSA) is 29.3 Å². The summed E-state index contributed by atoms with van der Waals surface area (Å²) in [6.07, 6.45) is 2.12. The molecule has 0 saturated carbocycles. The Kier molecular flexibility index (Phi) is 4.94. The van der Waals surface area contributed by atoms with Gasteiger partial charge in [0, 0.05) is 24.7 Å². The number of hydrogen-bond acceptors (Lipinski definition) is 2. The third-order valence-electron chi connectivity index (χ3n) is 3.16. The fourth-order valence-corrected chi connectivity index (χ4v) is 1.80. The highest BCUT2D eigenvalue weighted by Crippen LogP contribution is 2.23. The van der Waals surface area contributed by atoms with Gasteiger partial charge >= 0.3 is 0 Å². The third kappa shape index (κ3) is 4.35. The fraction of sp³-hybridized carbons (Fsp3) is 0.500. The minimum absolute atomic E-state index is 0.0349. The second-order valence-electron chi connectivity index (χ2n) is 5.11. The Morgan fingerprint density at radius 3 is 2.41 bits per heavy atom. The highest BCUT2D eigenvalue weighted by molar-refractivity contribution is 7.80. The number of thiocarbonyl (C=S) groups is 1. The van der Waals surface area contributed by atoms with Gasteiger partial charge in [-0.2, -0.15) is 0 Å². The number of nitrogens with zero attached hydrogens (tertiary/aromatic N) is 1. The van der Waals surface area contributed by atoms with Crippen molar-refractivity contribution in [1.82, 2.24) is 0 Å². The molecule has 1 rings (SSSR count). The first-order valence-electron chi connectivity index (χ1n) is 5.99. The number of hydrogen-bond donors (Lipinski definition) is 1. The molecular formula is C14H22N2S. The predicted molar refractivity (Wildman–Crippen MR) is 79.5 cm³/mol. The minimum atomic E-state index is -0.0349.